The highest BCUT2D eigenvalue weighted by Crippen LogP contribution is 2.41. The van der Waals surface area contributed by atoms with Crippen molar-refractivity contribution in [2.75, 3.05) is 49.6 Å². The van der Waals surface area contributed by atoms with E-state index in [1.165, 1.54) is 0 Å². The lowest BCUT2D eigenvalue weighted by Gasteiger charge is -2.50. The predicted octanol–water partition coefficient (Wildman–Crippen LogP) is 1.41. The minimum Gasteiger partial charge on any atom is -0.372 e. The molecule has 1 atom stereocenters. The lowest BCUT2D eigenvalue weighted by Crippen LogP contribution is -2.65. The molecule has 2 aliphatic rings. The van der Waals surface area contributed by atoms with Crippen LogP contribution in [0.25, 0.3) is 0 Å². The molecule has 1 aromatic rings. The minimum atomic E-state index is -2.88. The van der Waals surface area contributed by atoms with Crippen LogP contribution in [0.5, 0.6) is 0 Å². The van der Waals surface area contributed by atoms with E-state index < -0.39 is 9.84 Å². The molecule has 7 heteroatoms. The number of aromatic nitrogens is 1. The first-order valence-corrected chi connectivity index (χ1v) is 10.6. The first-order chi connectivity index (χ1) is 11.5. The second-order valence-corrected chi connectivity index (χ2v) is 9.25. The molecule has 2 aliphatic heterocycles. The van der Waals surface area contributed by atoms with E-state index in [2.05, 4.69) is 15.2 Å². The van der Waals surface area contributed by atoms with Crippen LogP contribution in [-0.2, 0) is 14.6 Å². The van der Waals surface area contributed by atoms with Crippen LogP contribution in [0.15, 0.2) is 24.4 Å². The molecule has 3 heterocycles. The Balaban J connectivity index is 1.43. The molecule has 1 aromatic heterocycles. The molecular weight excluding hydrogens is 326 g/mol. The molecule has 24 heavy (non-hydrogen) atoms. The largest absolute Gasteiger partial charge is 0.372 e. The molecule has 134 valence electrons. The average molecular weight is 353 g/mol. The Morgan fingerprint density at radius 2 is 2.25 bits per heavy atom. The van der Waals surface area contributed by atoms with E-state index in [0.717, 1.165) is 44.9 Å². The molecular formula is C17H27N3O3S. The summed E-state index contributed by atoms with van der Waals surface area (Å²) >= 11 is 0. The summed E-state index contributed by atoms with van der Waals surface area (Å²) in [5.41, 5.74) is -0.0538. The third-order valence-corrected chi connectivity index (χ3v) is 6.89. The summed E-state index contributed by atoms with van der Waals surface area (Å²) in [6.07, 6.45) is 3.93. The molecule has 0 radical (unpaired) electrons. The summed E-state index contributed by atoms with van der Waals surface area (Å²) in [7, 11) is -2.88. The van der Waals surface area contributed by atoms with Gasteiger partial charge in [0.25, 0.3) is 0 Å². The monoisotopic (exact) mass is 353 g/mol. The third-order valence-electron chi connectivity index (χ3n) is 5.20. The Bertz CT molecular complexity index is 630. The van der Waals surface area contributed by atoms with E-state index in [0.29, 0.717) is 12.5 Å². The first-order valence-electron chi connectivity index (χ1n) is 8.75. The van der Waals surface area contributed by atoms with Gasteiger partial charge >= 0.3 is 0 Å². The molecule has 0 aromatic carbocycles. The van der Waals surface area contributed by atoms with Gasteiger partial charge in [-0.3, -0.25) is 4.90 Å². The van der Waals surface area contributed by atoms with E-state index in [4.69, 9.17) is 4.74 Å². The van der Waals surface area contributed by atoms with Gasteiger partial charge < -0.3 is 10.1 Å². The molecule has 3 rings (SSSR count). The highest BCUT2D eigenvalue weighted by Gasteiger charge is 2.52. The van der Waals surface area contributed by atoms with Gasteiger partial charge in [0.15, 0.2) is 9.84 Å². The summed E-state index contributed by atoms with van der Waals surface area (Å²) in [6.45, 7) is 5.76. The Hall–Kier alpha value is -1.18. The predicted molar refractivity (Wildman–Crippen MR) is 94.9 cm³/mol. The lowest BCUT2D eigenvalue weighted by atomic mass is 9.79. The Kier molecular flexibility index (Phi) is 5.42. The number of hydrogen-bond donors (Lipinski definition) is 1. The van der Waals surface area contributed by atoms with E-state index in [1.807, 2.05) is 18.2 Å². The summed E-state index contributed by atoms with van der Waals surface area (Å²) in [5, 5.41) is 3.36. The molecule has 0 amide bonds. The maximum Gasteiger partial charge on any atom is 0.151 e. The minimum absolute atomic E-state index is 0.0538. The molecule has 0 saturated carbocycles. The van der Waals surface area contributed by atoms with Crippen molar-refractivity contribution in [1.29, 1.82) is 0 Å². The summed E-state index contributed by atoms with van der Waals surface area (Å²) in [4.78, 5) is 6.48. The normalized spacial score (nSPS) is 23.3. The Labute approximate surface area is 144 Å². The highest BCUT2D eigenvalue weighted by molar-refractivity contribution is 7.91. The van der Waals surface area contributed by atoms with Crippen molar-refractivity contribution in [2.24, 2.45) is 5.92 Å². The van der Waals surface area contributed by atoms with Crippen LogP contribution in [0.3, 0.4) is 0 Å². The van der Waals surface area contributed by atoms with Gasteiger partial charge in [0.2, 0.25) is 0 Å². The Morgan fingerprint density at radius 1 is 1.42 bits per heavy atom. The summed E-state index contributed by atoms with van der Waals surface area (Å²) in [5.74, 6) is 1.92. The van der Waals surface area contributed by atoms with Gasteiger partial charge in [0.1, 0.15) is 5.82 Å². The maximum absolute atomic E-state index is 11.6. The van der Waals surface area contributed by atoms with Crippen molar-refractivity contribution < 1.29 is 13.2 Å². The number of nitrogens with one attached hydrogen (secondary N) is 1. The van der Waals surface area contributed by atoms with Crippen LogP contribution in [0.1, 0.15) is 19.8 Å². The van der Waals surface area contributed by atoms with Crippen LogP contribution < -0.4 is 5.32 Å². The lowest BCUT2D eigenvalue weighted by molar-refractivity contribution is -0.131. The first kappa shape index (κ1) is 17.6. The fraction of sp³-hybridized carbons (Fsp3) is 0.706. The van der Waals surface area contributed by atoms with Crippen molar-refractivity contribution in [3.63, 3.8) is 0 Å². The molecule has 0 aliphatic carbocycles. The van der Waals surface area contributed by atoms with Crippen LogP contribution in [-0.4, -0.2) is 68.2 Å². The third kappa shape index (κ3) is 4.07. The quantitative estimate of drug-likeness (QED) is 0.762. The molecule has 0 bridgehead atoms. The van der Waals surface area contributed by atoms with Gasteiger partial charge in [-0.2, -0.15) is 0 Å². The fourth-order valence-electron chi connectivity index (χ4n) is 3.67. The number of ether oxygens (including phenoxy) is 1. The number of hydrogen-bond acceptors (Lipinski definition) is 6. The fourth-order valence-corrected chi connectivity index (χ4v) is 4.49. The number of nitrogens with zero attached hydrogens (tertiary/aromatic N) is 2. The van der Waals surface area contributed by atoms with Crippen molar-refractivity contribution in [1.82, 2.24) is 9.88 Å². The molecule has 6 nitrogen and oxygen atoms in total. The van der Waals surface area contributed by atoms with E-state index in [9.17, 15) is 8.42 Å². The van der Waals surface area contributed by atoms with Gasteiger partial charge in [-0.25, -0.2) is 13.4 Å². The van der Waals surface area contributed by atoms with Gasteiger partial charge in [0.05, 0.1) is 11.4 Å². The summed E-state index contributed by atoms with van der Waals surface area (Å²) < 4.78 is 29.3. The number of sulfone groups is 1. The van der Waals surface area contributed by atoms with E-state index in [1.54, 1.807) is 13.1 Å². The topological polar surface area (TPSA) is 71.5 Å². The number of anilines is 1. The average Bonchev–Trinajstić information content (AvgIpc) is 2.97. The van der Waals surface area contributed by atoms with Gasteiger partial charge in [-0.1, -0.05) is 13.0 Å². The van der Waals surface area contributed by atoms with Crippen molar-refractivity contribution in [2.45, 2.75) is 25.4 Å². The zero-order valence-electron chi connectivity index (χ0n) is 14.3. The zero-order valence-corrected chi connectivity index (χ0v) is 15.1. The van der Waals surface area contributed by atoms with E-state index in [-0.39, 0.29) is 17.1 Å². The maximum atomic E-state index is 11.6. The van der Waals surface area contributed by atoms with Crippen LogP contribution >= 0.6 is 0 Å². The van der Waals surface area contributed by atoms with Gasteiger partial charge in [-0.05, 0) is 30.9 Å². The van der Waals surface area contributed by atoms with Gasteiger partial charge in [0, 0.05) is 44.7 Å². The van der Waals surface area contributed by atoms with Crippen molar-refractivity contribution in [3.8, 4) is 0 Å². The summed E-state index contributed by atoms with van der Waals surface area (Å²) in [6, 6.07) is 5.86. The van der Waals surface area contributed by atoms with Gasteiger partial charge in [-0.15, -0.1) is 0 Å². The van der Waals surface area contributed by atoms with Crippen molar-refractivity contribution in [3.05, 3.63) is 24.4 Å². The number of likely N-dealkylation sites (tertiary alicyclic amines) is 1. The number of rotatable bonds is 8. The molecule has 2 fully saturated rings. The molecule has 1 spiro atoms. The van der Waals surface area contributed by atoms with Crippen molar-refractivity contribution >= 4 is 15.7 Å². The SMILES string of the molecule is CCS(=O)(=O)CCN1CC2(C1)OCC[C@@H]2CCNc1ccccn1. The van der Waals surface area contributed by atoms with Crippen LogP contribution in [0, 0.1) is 5.92 Å². The standard InChI is InChI=1S/C17H27N3O3S/c1-2-24(21,22)12-10-20-13-17(14-20)15(7-11-23-17)6-9-19-16-5-3-4-8-18-16/h3-5,8,15H,2,6-7,9-14H2,1H3,(H,18,19)/t15-/m0/s1. The van der Waals surface area contributed by atoms with Crippen LogP contribution in [0.4, 0.5) is 5.82 Å². The second-order valence-electron chi connectivity index (χ2n) is 6.78. The molecule has 0 unspecified atom stereocenters. The van der Waals surface area contributed by atoms with Crippen LogP contribution in [0.2, 0.25) is 0 Å². The number of pyridine rings is 1. The smallest absolute Gasteiger partial charge is 0.151 e. The molecule has 2 saturated heterocycles. The zero-order chi connectivity index (χ0) is 17.0. The molecule has 1 N–H and O–H groups in total. The highest BCUT2D eigenvalue weighted by atomic mass is 32.2. The second kappa shape index (κ2) is 7.37. The van der Waals surface area contributed by atoms with E-state index >= 15 is 0 Å². The Morgan fingerprint density at radius 3 is 2.96 bits per heavy atom.